The standard InChI is InChI=1S/C16H15N3O6S/c1-24-15(20)11-6-10(26(3,22)23)4-5-12(11)19-8-9(7-17)13(18)14(19)16(21)25-2/h4-6,8H,18H2,1-3H3. The minimum Gasteiger partial charge on any atom is -0.465 e. The van der Waals surface area contributed by atoms with Crippen molar-refractivity contribution in [2.24, 2.45) is 0 Å². The fourth-order valence-electron chi connectivity index (χ4n) is 2.33. The zero-order valence-corrected chi connectivity index (χ0v) is 15.0. The van der Waals surface area contributed by atoms with Crippen molar-refractivity contribution < 1.29 is 27.5 Å². The number of methoxy groups -OCH3 is 2. The van der Waals surface area contributed by atoms with Gasteiger partial charge in [-0.3, -0.25) is 0 Å². The van der Waals surface area contributed by atoms with Crippen molar-refractivity contribution in [3.05, 3.63) is 41.2 Å². The number of sulfone groups is 1. The van der Waals surface area contributed by atoms with E-state index < -0.39 is 21.8 Å². The molecular formula is C16H15N3O6S. The number of carbonyl (C=O) groups excluding carboxylic acids is 2. The summed E-state index contributed by atoms with van der Waals surface area (Å²) in [6.07, 6.45) is 2.24. The van der Waals surface area contributed by atoms with E-state index in [1.54, 1.807) is 0 Å². The molecule has 0 fully saturated rings. The molecule has 2 rings (SSSR count). The lowest BCUT2D eigenvalue weighted by Crippen LogP contribution is -2.15. The normalized spacial score (nSPS) is 10.8. The first-order chi connectivity index (χ1) is 12.1. The number of aromatic nitrogens is 1. The molecule has 0 saturated carbocycles. The smallest absolute Gasteiger partial charge is 0.357 e. The van der Waals surface area contributed by atoms with E-state index in [9.17, 15) is 18.0 Å². The Bertz CT molecular complexity index is 1050. The number of carbonyl (C=O) groups is 2. The van der Waals surface area contributed by atoms with Crippen LogP contribution in [0.25, 0.3) is 5.69 Å². The maximum atomic E-state index is 12.2. The molecule has 0 amide bonds. The summed E-state index contributed by atoms with van der Waals surface area (Å²) in [6.45, 7) is 0. The lowest BCUT2D eigenvalue weighted by Gasteiger charge is -2.13. The van der Waals surface area contributed by atoms with E-state index in [2.05, 4.69) is 4.74 Å². The molecule has 9 nitrogen and oxygen atoms in total. The van der Waals surface area contributed by atoms with Crippen molar-refractivity contribution in [1.82, 2.24) is 4.57 Å². The molecule has 0 saturated heterocycles. The molecule has 0 atom stereocenters. The summed E-state index contributed by atoms with van der Waals surface area (Å²) in [6, 6.07) is 5.54. The number of rotatable bonds is 4. The summed E-state index contributed by atoms with van der Waals surface area (Å²) in [5.41, 5.74) is 5.52. The van der Waals surface area contributed by atoms with Crippen LogP contribution in [0.2, 0.25) is 0 Å². The number of nitrogen functional groups attached to an aromatic ring is 1. The van der Waals surface area contributed by atoms with E-state index >= 15 is 0 Å². The number of benzene rings is 1. The Morgan fingerprint density at radius 2 is 1.81 bits per heavy atom. The topological polar surface area (TPSA) is 141 Å². The van der Waals surface area contributed by atoms with E-state index in [4.69, 9.17) is 15.7 Å². The van der Waals surface area contributed by atoms with Gasteiger partial charge in [-0.25, -0.2) is 18.0 Å². The van der Waals surface area contributed by atoms with Gasteiger partial charge < -0.3 is 19.8 Å². The first-order valence-electron chi connectivity index (χ1n) is 7.07. The molecular weight excluding hydrogens is 362 g/mol. The predicted molar refractivity (Wildman–Crippen MR) is 90.7 cm³/mol. The molecule has 0 spiro atoms. The molecule has 1 heterocycles. The van der Waals surface area contributed by atoms with Gasteiger partial charge in [0.2, 0.25) is 0 Å². The highest BCUT2D eigenvalue weighted by atomic mass is 32.2. The van der Waals surface area contributed by atoms with Crippen LogP contribution in [0.5, 0.6) is 0 Å². The van der Waals surface area contributed by atoms with Crippen LogP contribution in [-0.4, -0.2) is 45.4 Å². The second kappa shape index (κ2) is 6.89. The van der Waals surface area contributed by atoms with E-state index in [1.165, 1.54) is 22.9 Å². The summed E-state index contributed by atoms with van der Waals surface area (Å²) in [7, 11) is -1.32. The van der Waals surface area contributed by atoms with E-state index in [0.29, 0.717) is 0 Å². The Hall–Kier alpha value is -3.32. The summed E-state index contributed by atoms with van der Waals surface area (Å²) in [5.74, 6) is -1.65. The number of nitrogens with zero attached hydrogens (tertiary/aromatic N) is 2. The number of ether oxygens (including phenoxy) is 2. The Kier molecular flexibility index (Phi) is 5.04. The molecule has 0 aliphatic carbocycles. The summed E-state index contributed by atoms with van der Waals surface area (Å²) in [5, 5.41) is 9.17. The van der Waals surface area contributed by atoms with Crippen molar-refractivity contribution in [2.45, 2.75) is 4.90 Å². The molecule has 136 valence electrons. The molecule has 1 aromatic heterocycles. The minimum absolute atomic E-state index is 0.00611. The van der Waals surface area contributed by atoms with E-state index in [-0.39, 0.29) is 33.1 Å². The van der Waals surface area contributed by atoms with Gasteiger partial charge in [0.05, 0.1) is 41.6 Å². The Morgan fingerprint density at radius 3 is 2.31 bits per heavy atom. The predicted octanol–water partition coefficient (Wildman–Crippen LogP) is 0.908. The van der Waals surface area contributed by atoms with Crippen LogP contribution in [0.3, 0.4) is 0 Å². The molecule has 10 heteroatoms. The number of nitriles is 1. The largest absolute Gasteiger partial charge is 0.465 e. The summed E-state index contributed by atoms with van der Waals surface area (Å²) < 4.78 is 34.1. The van der Waals surface area contributed by atoms with Crippen LogP contribution < -0.4 is 5.73 Å². The van der Waals surface area contributed by atoms with Gasteiger partial charge in [0.1, 0.15) is 6.07 Å². The van der Waals surface area contributed by atoms with Crippen molar-refractivity contribution >= 4 is 27.5 Å². The van der Waals surface area contributed by atoms with Crippen LogP contribution in [0.4, 0.5) is 5.69 Å². The first-order valence-corrected chi connectivity index (χ1v) is 8.96. The number of hydrogen-bond donors (Lipinski definition) is 1. The van der Waals surface area contributed by atoms with Gasteiger partial charge in [-0.2, -0.15) is 5.26 Å². The molecule has 0 aliphatic heterocycles. The second-order valence-corrected chi connectivity index (χ2v) is 7.24. The lowest BCUT2D eigenvalue weighted by atomic mass is 10.1. The molecule has 1 aromatic carbocycles. The van der Waals surface area contributed by atoms with Crippen molar-refractivity contribution in [2.75, 3.05) is 26.2 Å². The average molecular weight is 377 g/mol. The van der Waals surface area contributed by atoms with E-state index in [0.717, 1.165) is 26.5 Å². The number of hydrogen-bond acceptors (Lipinski definition) is 8. The van der Waals surface area contributed by atoms with Gasteiger partial charge in [0.15, 0.2) is 15.5 Å². The second-order valence-electron chi connectivity index (χ2n) is 5.22. The highest BCUT2D eigenvalue weighted by Crippen LogP contribution is 2.28. The number of esters is 2. The number of anilines is 1. The maximum Gasteiger partial charge on any atom is 0.357 e. The Labute approximate surface area is 149 Å². The molecule has 2 N–H and O–H groups in total. The zero-order valence-electron chi connectivity index (χ0n) is 14.1. The molecule has 0 aliphatic rings. The third-order valence-corrected chi connectivity index (χ3v) is 4.71. The van der Waals surface area contributed by atoms with Gasteiger partial charge in [0, 0.05) is 12.5 Å². The van der Waals surface area contributed by atoms with Gasteiger partial charge in [-0.05, 0) is 18.2 Å². The van der Waals surface area contributed by atoms with Gasteiger partial charge >= 0.3 is 11.9 Å². The van der Waals surface area contributed by atoms with Gasteiger partial charge in [-0.1, -0.05) is 0 Å². The quantitative estimate of drug-likeness (QED) is 0.775. The van der Waals surface area contributed by atoms with Crippen LogP contribution in [-0.2, 0) is 19.3 Å². The summed E-state index contributed by atoms with van der Waals surface area (Å²) >= 11 is 0. The molecule has 0 bridgehead atoms. The molecule has 26 heavy (non-hydrogen) atoms. The Balaban J connectivity index is 2.87. The SMILES string of the molecule is COC(=O)c1cc(S(C)(=O)=O)ccc1-n1cc(C#N)c(N)c1C(=O)OC. The van der Waals surface area contributed by atoms with Crippen molar-refractivity contribution in [1.29, 1.82) is 5.26 Å². The van der Waals surface area contributed by atoms with Crippen LogP contribution >= 0.6 is 0 Å². The van der Waals surface area contributed by atoms with Crippen LogP contribution in [0.15, 0.2) is 29.3 Å². The van der Waals surface area contributed by atoms with Crippen LogP contribution in [0, 0.1) is 11.3 Å². The highest BCUT2D eigenvalue weighted by molar-refractivity contribution is 7.90. The lowest BCUT2D eigenvalue weighted by molar-refractivity contribution is 0.0581. The third-order valence-electron chi connectivity index (χ3n) is 3.60. The van der Waals surface area contributed by atoms with Crippen LogP contribution in [0.1, 0.15) is 26.4 Å². The zero-order chi connectivity index (χ0) is 19.6. The van der Waals surface area contributed by atoms with Crippen molar-refractivity contribution in [3.63, 3.8) is 0 Å². The average Bonchev–Trinajstić information content (AvgIpc) is 2.95. The fourth-order valence-corrected chi connectivity index (χ4v) is 2.98. The molecule has 0 radical (unpaired) electrons. The summed E-state index contributed by atoms with van der Waals surface area (Å²) in [4.78, 5) is 24.1. The first kappa shape index (κ1) is 19.0. The Morgan fingerprint density at radius 1 is 1.19 bits per heavy atom. The fraction of sp³-hybridized carbons (Fsp3) is 0.188. The monoisotopic (exact) mass is 377 g/mol. The highest BCUT2D eigenvalue weighted by Gasteiger charge is 2.25. The number of nitrogens with two attached hydrogens (primary N) is 1. The van der Waals surface area contributed by atoms with E-state index in [1.807, 2.05) is 6.07 Å². The van der Waals surface area contributed by atoms with Gasteiger partial charge in [0.25, 0.3) is 0 Å². The van der Waals surface area contributed by atoms with Crippen molar-refractivity contribution in [3.8, 4) is 11.8 Å². The maximum absolute atomic E-state index is 12.2. The third kappa shape index (κ3) is 3.25. The molecule has 0 unspecified atom stereocenters. The molecule has 2 aromatic rings. The minimum atomic E-state index is -3.59. The van der Waals surface area contributed by atoms with Gasteiger partial charge in [-0.15, -0.1) is 0 Å².